The van der Waals surface area contributed by atoms with E-state index in [1.54, 1.807) is 6.07 Å². The van der Waals surface area contributed by atoms with Crippen LogP contribution in [0.25, 0.3) is 0 Å². The minimum absolute atomic E-state index is 0.0233. The smallest absolute Gasteiger partial charge is 0.243 e. The van der Waals surface area contributed by atoms with Crippen LogP contribution in [0.1, 0.15) is 11.1 Å². The number of carbonyl (C=O) groups excluding carboxylic acids is 1. The zero-order valence-corrected chi connectivity index (χ0v) is 12.6. The molecule has 1 amide bonds. The summed E-state index contributed by atoms with van der Waals surface area (Å²) >= 11 is 5.68. The topological polar surface area (TPSA) is 41.1 Å². The first kappa shape index (κ1) is 15.3. The van der Waals surface area contributed by atoms with Crippen LogP contribution >= 0.6 is 11.6 Å². The fraction of sp³-hybridized carbons (Fsp3) is 0.188. The minimum Gasteiger partial charge on any atom is -0.374 e. The van der Waals surface area contributed by atoms with E-state index in [2.05, 4.69) is 10.6 Å². The SMILES string of the molecule is Cc1cccc(C)c1NC(=O)CNc1cccc(Cl)c1F. The summed E-state index contributed by atoms with van der Waals surface area (Å²) in [5.74, 6) is -0.800. The van der Waals surface area contributed by atoms with E-state index in [1.165, 1.54) is 12.1 Å². The molecule has 0 saturated carbocycles. The highest BCUT2D eigenvalue weighted by Crippen LogP contribution is 2.22. The summed E-state index contributed by atoms with van der Waals surface area (Å²) in [7, 11) is 0. The molecule has 0 aliphatic heterocycles. The lowest BCUT2D eigenvalue weighted by Gasteiger charge is -2.12. The van der Waals surface area contributed by atoms with E-state index in [0.717, 1.165) is 16.8 Å². The zero-order chi connectivity index (χ0) is 15.4. The van der Waals surface area contributed by atoms with Crippen molar-refractivity contribution in [3.05, 3.63) is 58.4 Å². The summed E-state index contributed by atoms with van der Waals surface area (Å²) < 4.78 is 13.7. The number of anilines is 2. The van der Waals surface area contributed by atoms with Crippen molar-refractivity contribution in [2.45, 2.75) is 13.8 Å². The molecule has 21 heavy (non-hydrogen) atoms. The Morgan fingerprint density at radius 3 is 2.43 bits per heavy atom. The average molecular weight is 307 g/mol. The molecule has 5 heteroatoms. The fourth-order valence-electron chi connectivity index (χ4n) is 2.01. The maximum Gasteiger partial charge on any atom is 0.243 e. The Morgan fingerprint density at radius 2 is 1.76 bits per heavy atom. The fourth-order valence-corrected chi connectivity index (χ4v) is 2.19. The van der Waals surface area contributed by atoms with Gasteiger partial charge in [-0.2, -0.15) is 0 Å². The molecule has 2 N–H and O–H groups in total. The molecular weight excluding hydrogens is 291 g/mol. The first-order valence-electron chi connectivity index (χ1n) is 6.53. The Kier molecular flexibility index (Phi) is 4.81. The van der Waals surface area contributed by atoms with Crippen LogP contribution in [-0.4, -0.2) is 12.5 Å². The van der Waals surface area contributed by atoms with Crippen molar-refractivity contribution in [2.75, 3.05) is 17.2 Å². The second-order valence-electron chi connectivity index (χ2n) is 4.77. The Labute approximate surface area is 128 Å². The van der Waals surface area contributed by atoms with Gasteiger partial charge in [-0.15, -0.1) is 0 Å². The number of para-hydroxylation sites is 1. The van der Waals surface area contributed by atoms with E-state index < -0.39 is 5.82 Å². The lowest BCUT2D eigenvalue weighted by molar-refractivity contribution is -0.114. The van der Waals surface area contributed by atoms with E-state index in [4.69, 9.17) is 11.6 Å². The van der Waals surface area contributed by atoms with Crippen molar-refractivity contribution < 1.29 is 9.18 Å². The largest absolute Gasteiger partial charge is 0.374 e. The van der Waals surface area contributed by atoms with Crippen LogP contribution < -0.4 is 10.6 Å². The molecule has 0 radical (unpaired) electrons. The third-order valence-corrected chi connectivity index (χ3v) is 3.43. The van der Waals surface area contributed by atoms with E-state index in [0.29, 0.717) is 0 Å². The summed E-state index contributed by atoms with van der Waals surface area (Å²) in [6.07, 6.45) is 0. The molecule has 2 aromatic carbocycles. The van der Waals surface area contributed by atoms with Crippen molar-refractivity contribution in [1.29, 1.82) is 0 Å². The number of hydrogen-bond acceptors (Lipinski definition) is 2. The number of carbonyl (C=O) groups is 1. The number of halogens is 2. The van der Waals surface area contributed by atoms with Gasteiger partial charge in [0.15, 0.2) is 5.82 Å². The third kappa shape index (κ3) is 3.73. The summed E-state index contributed by atoms with van der Waals surface area (Å²) in [6, 6.07) is 10.4. The van der Waals surface area contributed by atoms with Gasteiger partial charge in [-0.25, -0.2) is 4.39 Å². The molecule has 0 heterocycles. The van der Waals surface area contributed by atoms with Gasteiger partial charge in [-0.1, -0.05) is 35.9 Å². The second-order valence-corrected chi connectivity index (χ2v) is 5.18. The van der Waals surface area contributed by atoms with Crippen molar-refractivity contribution in [2.24, 2.45) is 0 Å². The monoisotopic (exact) mass is 306 g/mol. The van der Waals surface area contributed by atoms with Crippen molar-refractivity contribution >= 4 is 28.9 Å². The first-order valence-corrected chi connectivity index (χ1v) is 6.91. The molecule has 0 saturated heterocycles. The van der Waals surface area contributed by atoms with Crippen molar-refractivity contribution in [3.8, 4) is 0 Å². The third-order valence-electron chi connectivity index (χ3n) is 3.14. The molecule has 0 spiro atoms. The Hall–Kier alpha value is -2.07. The lowest BCUT2D eigenvalue weighted by Crippen LogP contribution is -2.23. The van der Waals surface area contributed by atoms with Gasteiger partial charge >= 0.3 is 0 Å². The maximum absolute atomic E-state index is 13.7. The van der Waals surface area contributed by atoms with Crippen LogP contribution in [0.15, 0.2) is 36.4 Å². The van der Waals surface area contributed by atoms with Crippen LogP contribution in [0, 0.1) is 19.7 Å². The minimum atomic E-state index is -0.556. The molecule has 0 aliphatic rings. The molecule has 0 unspecified atom stereocenters. The highest BCUT2D eigenvalue weighted by Gasteiger charge is 2.09. The first-order chi connectivity index (χ1) is 9.99. The molecule has 0 fully saturated rings. The normalized spacial score (nSPS) is 10.3. The lowest BCUT2D eigenvalue weighted by atomic mass is 10.1. The Balaban J connectivity index is 2.01. The molecule has 0 atom stereocenters. The number of aryl methyl sites for hydroxylation is 2. The van der Waals surface area contributed by atoms with Gasteiger partial charge in [0.2, 0.25) is 5.91 Å². The van der Waals surface area contributed by atoms with Crippen LogP contribution in [-0.2, 0) is 4.79 Å². The second kappa shape index (κ2) is 6.59. The van der Waals surface area contributed by atoms with Crippen molar-refractivity contribution in [1.82, 2.24) is 0 Å². The van der Waals surface area contributed by atoms with Gasteiger partial charge in [0.25, 0.3) is 0 Å². The number of rotatable bonds is 4. The Morgan fingerprint density at radius 1 is 1.14 bits per heavy atom. The van der Waals surface area contributed by atoms with Gasteiger partial charge in [-0.3, -0.25) is 4.79 Å². The molecule has 0 aromatic heterocycles. The summed E-state index contributed by atoms with van der Waals surface area (Å²) in [5, 5.41) is 5.59. The number of nitrogens with one attached hydrogen (secondary N) is 2. The molecule has 110 valence electrons. The number of amides is 1. The van der Waals surface area contributed by atoms with Gasteiger partial charge < -0.3 is 10.6 Å². The van der Waals surface area contributed by atoms with Crippen LogP contribution in [0.3, 0.4) is 0 Å². The van der Waals surface area contributed by atoms with Crippen LogP contribution in [0.4, 0.5) is 15.8 Å². The van der Waals surface area contributed by atoms with Gasteiger partial charge in [0.1, 0.15) is 0 Å². The molecule has 0 bridgehead atoms. The molecule has 3 nitrogen and oxygen atoms in total. The average Bonchev–Trinajstić information content (AvgIpc) is 2.45. The van der Waals surface area contributed by atoms with E-state index in [9.17, 15) is 9.18 Å². The maximum atomic E-state index is 13.7. The number of benzene rings is 2. The zero-order valence-electron chi connectivity index (χ0n) is 11.8. The highest BCUT2D eigenvalue weighted by atomic mass is 35.5. The number of hydrogen-bond donors (Lipinski definition) is 2. The quantitative estimate of drug-likeness (QED) is 0.891. The van der Waals surface area contributed by atoms with Crippen molar-refractivity contribution in [3.63, 3.8) is 0 Å². The summed E-state index contributed by atoms with van der Waals surface area (Å²) in [4.78, 5) is 12.0. The molecule has 2 rings (SSSR count). The molecule has 0 aliphatic carbocycles. The van der Waals surface area contributed by atoms with Gasteiger partial charge in [-0.05, 0) is 37.1 Å². The Bertz CT molecular complexity index is 653. The molecule has 2 aromatic rings. The van der Waals surface area contributed by atoms with Gasteiger partial charge in [0, 0.05) is 5.69 Å². The van der Waals surface area contributed by atoms with Crippen LogP contribution in [0.2, 0.25) is 5.02 Å². The standard InChI is InChI=1S/C16H16ClFN2O/c1-10-5-3-6-11(2)16(10)20-14(21)9-19-13-8-4-7-12(17)15(13)18/h3-8,19H,9H2,1-2H3,(H,20,21). The van der Waals surface area contributed by atoms with Gasteiger partial charge in [0.05, 0.1) is 17.3 Å². The summed E-state index contributed by atoms with van der Waals surface area (Å²) in [6.45, 7) is 3.81. The van der Waals surface area contributed by atoms with Crippen LogP contribution in [0.5, 0.6) is 0 Å². The molecular formula is C16H16ClFN2O. The highest BCUT2D eigenvalue weighted by molar-refractivity contribution is 6.31. The summed E-state index contributed by atoms with van der Waals surface area (Å²) in [5.41, 5.74) is 2.96. The predicted octanol–water partition coefficient (Wildman–Crippen LogP) is 4.15. The van der Waals surface area contributed by atoms with E-state index in [-0.39, 0.29) is 23.2 Å². The van der Waals surface area contributed by atoms with E-state index >= 15 is 0 Å². The predicted molar refractivity (Wildman–Crippen MR) is 84.4 cm³/mol. The van der Waals surface area contributed by atoms with E-state index in [1.807, 2.05) is 32.0 Å².